The first-order valence-electron chi connectivity index (χ1n) is 8.64. The zero-order valence-electron chi connectivity index (χ0n) is 14.4. The number of benzene rings is 3. The fourth-order valence-corrected chi connectivity index (χ4v) is 4.04. The molecular weight excluding hydrogens is 378 g/mol. The molecule has 5 rings (SSSR count). The molecule has 28 heavy (non-hydrogen) atoms. The number of carbonyl (C=O) groups excluding carboxylic acids is 1. The monoisotopic (exact) mass is 389 g/mol. The van der Waals surface area contributed by atoms with E-state index in [0.29, 0.717) is 27.5 Å². The number of hydrogen-bond acceptors (Lipinski definition) is 4. The van der Waals surface area contributed by atoms with Crippen molar-refractivity contribution in [3.63, 3.8) is 0 Å². The maximum Gasteiger partial charge on any atom is 0.269 e. The van der Waals surface area contributed by atoms with Gasteiger partial charge in [-0.25, -0.2) is 0 Å². The van der Waals surface area contributed by atoms with Gasteiger partial charge in [0.05, 0.1) is 10.5 Å². The van der Waals surface area contributed by atoms with Crippen molar-refractivity contribution in [3.05, 3.63) is 110 Å². The van der Waals surface area contributed by atoms with E-state index in [4.69, 9.17) is 16.3 Å². The van der Waals surface area contributed by atoms with Crippen molar-refractivity contribution in [2.45, 2.75) is 6.10 Å². The second-order valence-corrected chi connectivity index (χ2v) is 7.09. The molecule has 0 saturated heterocycles. The third-order valence-corrected chi connectivity index (χ3v) is 5.29. The van der Waals surface area contributed by atoms with Crippen molar-refractivity contribution in [1.29, 1.82) is 0 Å². The van der Waals surface area contributed by atoms with Crippen LogP contribution in [0, 0.1) is 10.1 Å². The molecule has 1 atom stereocenters. The summed E-state index contributed by atoms with van der Waals surface area (Å²) in [7, 11) is 0. The van der Waals surface area contributed by atoms with Crippen LogP contribution in [0.25, 0.3) is 5.57 Å². The molecule has 0 amide bonds. The Morgan fingerprint density at radius 1 is 0.929 bits per heavy atom. The highest BCUT2D eigenvalue weighted by Crippen LogP contribution is 2.50. The van der Waals surface area contributed by atoms with E-state index in [0.717, 1.165) is 16.7 Å². The molecule has 0 bridgehead atoms. The van der Waals surface area contributed by atoms with Gasteiger partial charge in [0, 0.05) is 39.4 Å². The molecule has 0 radical (unpaired) electrons. The summed E-state index contributed by atoms with van der Waals surface area (Å²) in [5.74, 6) is 0.478. The van der Waals surface area contributed by atoms with Gasteiger partial charge in [0.25, 0.3) is 5.69 Å². The number of nitrogens with zero attached hydrogens (tertiary/aromatic N) is 1. The summed E-state index contributed by atoms with van der Waals surface area (Å²) in [5, 5.41) is 11.8. The minimum absolute atomic E-state index is 0.0480. The zero-order valence-corrected chi connectivity index (χ0v) is 15.1. The van der Waals surface area contributed by atoms with Gasteiger partial charge in [0.1, 0.15) is 5.75 Å². The standard InChI is InChI=1S/C22H12ClNO4/c23-13-8-9-15-17(11-13)19-16-6-1-2-7-18(16)28-22(20(19)21(15)25)12-4-3-5-14(10-12)24(26)27/h1-11,22H. The van der Waals surface area contributed by atoms with Gasteiger partial charge < -0.3 is 4.74 Å². The van der Waals surface area contributed by atoms with Crippen LogP contribution in [0.15, 0.2) is 72.3 Å². The Morgan fingerprint density at radius 3 is 2.57 bits per heavy atom. The molecule has 1 aliphatic carbocycles. The summed E-state index contributed by atoms with van der Waals surface area (Å²) in [5.41, 5.74) is 3.91. The lowest BCUT2D eigenvalue weighted by atomic mass is 9.89. The van der Waals surface area contributed by atoms with Crippen LogP contribution in [-0.2, 0) is 0 Å². The molecular formula is C22H12ClNO4. The van der Waals surface area contributed by atoms with Crippen LogP contribution >= 0.6 is 11.6 Å². The average molecular weight is 390 g/mol. The van der Waals surface area contributed by atoms with Crippen LogP contribution in [0.2, 0.25) is 5.02 Å². The van der Waals surface area contributed by atoms with E-state index in [1.807, 2.05) is 24.3 Å². The minimum atomic E-state index is -0.733. The molecule has 1 heterocycles. The Balaban J connectivity index is 1.77. The van der Waals surface area contributed by atoms with Crippen LogP contribution in [0.3, 0.4) is 0 Å². The first-order valence-corrected chi connectivity index (χ1v) is 9.01. The van der Waals surface area contributed by atoms with Crippen LogP contribution in [-0.4, -0.2) is 10.7 Å². The number of para-hydroxylation sites is 1. The number of non-ortho nitro benzene ring substituents is 1. The summed E-state index contributed by atoms with van der Waals surface area (Å²) < 4.78 is 6.16. The Kier molecular flexibility index (Phi) is 3.60. The molecule has 1 unspecified atom stereocenters. The average Bonchev–Trinajstić information content (AvgIpc) is 3.00. The van der Waals surface area contributed by atoms with Gasteiger partial charge in [-0.3, -0.25) is 14.9 Å². The molecule has 0 spiro atoms. The number of hydrogen-bond donors (Lipinski definition) is 0. The van der Waals surface area contributed by atoms with E-state index in [9.17, 15) is 14.9 Å². The molecule has 136 valence electrons. The van der Waals surface area contributed by atoms with Crippen molar-refractivity contribution in [3.8, 4) is 5.75 Å². The summed E-state index contributed by atoms with van der Waals surface area (Å²) >= 11 is 6.20. The number of ketones is 1. The number of Topliss-reactive ketones (excluding diaryl/α,β-unsaturated/α-hetero) is 1. The molecule has 0 aromatic heterocycles. The number of nitro groups is 1. The van der Waals surface area contributed by atoms with Crippen LogP contribution in [0.4, 0.5) is 5.69 Å². The van der Waals surface area contributed by atoms with Crippen LogP contribution in [0.1, 0.15) is 33.2 Å². The normalized spacial score (nSPS) is 16.9. The quantitative estimate of drug-likeness (QED) is 0.436. The zero-order chi connectivity index (χ0) is 19.4. The van der Waals surface area contributed by atoms with Gasteiger partial charge in [0.15, 0.2) is 11.9 Å². The number of rotatable bonds is 2. The highest BCUT2D eigenvalue weighted by atomic mass is 35.5. The van der Waals surface area contributed by atoms with Crippen molar-refractivity contribution >= 4 is 28.6 Å². The van der Waals surface area contributed by atoms with Crippen LogP contribution < -0.4 is 4.74 Å². The second kappa shape index (κ2) is 6.04. The van der Waals surface area contributed by atoms with E-state index in [1.54, 1.807) is 30.3 Å². The molecule has 0 N–H and O–H groups in total. The molecule has 5 nitrogen and oxygen atoms in total. The minimum Gasteiger partial charge on any atom is -0.480 e. The van der Waals surface area contributed by atoms with E-state index in [2.05, 4.69) is 0 Å². The highest BCUT2D eigenvalue weighted by molar-refractivity contribution is 6.32. The maximum atomic E-state index is 13.2. The molecule has 3 aromatic carbocycles. The number of ether oxygens (including phenoxy) is 1. The largest absolute Gasteiger partial charge is 0.480 e. The number of carbonyl (C=O) groups is 1. The maximum absolute atomic E-state index is 13.2. The lowest BCUT2D eigenvalue weighted by Gasteiger charge is -2.28. The summed E-state index contributed by atoms with van der Waals surface area (Å²) in [4.78, 5) is 24.0. The molecule has 0 saturated carbocycles. The molecule has 6 heteroatoms. The van der Waals surface area contributed by atoms with E-state index < -0.39 is 11.0 Å². The lowest BCUT2D eigenvalue weighted by molar-refractivity contribution is -0.385. The van der Waals surface area contributed by atoms with Gasteiger partial charge in [-0.15, -0.1) is 0 Å². The SMILES string of the molecule is O=C1C2=C(c3ccccc3OC2c2cccc([N+](=O)[O-])c2)c2cc(Cl)ccc21. The summed E-state index contributed by atoms with van der Waals surface area (Å²) in [6.45, 7) is 0. The predicted molar refractivity (Wildman–Crippen MR) is 105 cm³/mol. The van der Waals surface area contributed by atoms with Crippen molar-refractivity contribution in [1.82, 2.24) is 0 Å². The third-order valence-electron chi connectivity index (χ3n) is 5.06. The van der Waals surface area contributed by atoms with E-state index >= 15 is 0 Å². The van der Waals surface area contributed by atoms with Gasteiger partial charge in [-0.1, -0.05) is 41.9 Å². The molecule has 3 aromatic rings. The number of fused-ring (bicyclic) bond motifs is 4. The predicted octanol–water partition coefficient (Wildman–Crippen LogP) is 5.38. The molecule has 2 aliphatic rings. The van der Waals surface area contributed by atoms with Gasteiger partial charge >= 0.3 is 0 Å². The van der Waals surface area contributed by atoms with Crippen molar-refractivity contribution < 1.29 is 14.5 Å². The fraction of sp³-hybridized carbons (Fsp3) is 0.0455. The Hall–Kier alpha value is -3.44. The fourth-order valence-electron chi connectivity index (χ4n) is 3.86. The Labute approximate surface area is 165 Å². The third kappa shape index (κ3) is 2.37. The van der Waals surface area contributed by atoms with E-state index in [-0.39, 0.29) is 11.5 Å². The number of halogens is 1. The second-order valence-electron chi connectivity index (χ2n) is 6.65. The highest BCUT2D eigenvalue weighted by Gasteiger charge is 2.41. The summed E-state index contributed by atoms with van der Waals surface area (Å²) in [6.07, 6.45) is -0.733. The topological polar surface area (TPSA) is 69.4 Å². The first kappa shape index (κ1) is 16.7. The van der Waals surface area contributed by atoms with Crippen LogP contribution in [0.5, 0.6) is 5.75 Å². The number of nitro benzene ring substituents is 1. The molecule has 0 fully saturated rings. The Bertz CT molecular complexity index is 1210. The van der Waals surface area contributed by atoms with Gasteiger partial charge in [-0.05, 0) is 29.8 Å². The first-order chi connectivity index (χ1) is 13.5. The van der Waals surface area contributed by atoms with Gasteiger partial charge in [-0.2, -0.15) is 0 Å². The Morgan fingerprint density at radius 2 is 1.75 bits per heavy atom. The van der Waals surface area contributed by atoms with Gasteiger partial charge in [0.2, 0.25) is 0 Å². The van der Waals surface area contributed by atoms with Crippen molar-refractivity contribution in [2.75, 3.05) is 0 Å². The lowest BCUT2D eigenvalue weighted by Crippen LogP contribution is -2.19. The smallest absolute Gasteiger partial charge is 0.269 e. The molecule has 1 aliphatic heterocycles. The van der Waals surface area contributed by atoms with E-state index in [1.165, 1.54) is 12.1 Å². The summed E-state index contributed by atoms with van der Waals surface area (Å²) in [6, 6.07) is 18.8. The van der Waals surface area contributed by atoms with Crippen molar-refractivity contribution in [2.24, 2.45) is 0 Å².